The van der Waals surface area contributed by atoms with E-state index in [9.17, 15) is 18.0 Å². The minimum Gasteiger partial charge on any atom is -0.449 e. The molecule has 1 N–H and O–H groups in total. The van der Waals surface area contributed by atoms with Gasteiger partial charge in [0.05, 0.1) is 0 Å². The average Bonchev–Trinajstić information content (AvgIpc) is 2.52. The first kappa shape index (κ1) is 14.0. The molecule has 1 unspecified atom stereocenters. The van der Waals surface area contributed by atoms with Crippen molar-refractivity contribution < 1.29 is 22.7 Å². The Labute approximate surface area is 112 Å². The molecular weight excluding hydrogens is 279 g/mol. The largest absolute Gasteiger partial charge is 0.449 e. The van der Waals surface area contributed by atoms with E-state index in [2.05, 4.69) is 4.74 Å². The van der Waals surface area contributed by atoms with Crippen LogP contribution in [0.15, 0.2) is 24.3 Å². The zero-order valence-electron chi connectivity index (χ0n) is 10.1. The summed E-state index contributed by atoms with van der Waals surface area (Å²) in [6, 6.07) is 5.92. The lowest BCUT2D eigenvalue weighted by Gasteiger charge is -2.34. The molecule has 1 aliphatic heterocycles. The minimum absolute atomic E-state index is 0.00514. The monoisotopic (exact) mass is 291 g/mol. The van der Waals surface area contributed by atoms with Crippen molar-refractivity contribution in [3.63, 3.8) is 0 Å². The molecule has 0 radical (unpaired) electrons. The number of hydrogen-bond donors (Lipinski definition) is 1. The van der Waals surface area contributed by atoms with Crippen LogP contribution >= 0.6 is 11.8 Å². The molecule has 1 fully saturated rings. The van der Waals surface area contributed by atoms with Gasteiger partial charge >= 0.3 is 12.3 Å². The number of halogens is 3. The van der Waals surface area contributed by atoms with Crippen molar-refractivity contribution in [3.05, 3.63) is 35.4 Å². The second-order valence-corrected chi connectivity index (χ2v) is 5.46. The number of alkyl halides is 3. The lowest BCUT2D eigenvalue weighted by molar-refractivity contribution is -0.167. The molecule has 19 heavy (non-hydrogen) atoms. The molecule has 104 valence electrons. The molecule has 3 nitrogen and oxygen atoms in total. The van der Waals surface area contributed by atoms with Gasteiger partial charge in [-0.15, -0.1) is 11.8 Å². The number of alkyl carbamates (subject to hydrolysis) is 1. The number of thioether (sulfide) groups is 1. The molecule has 0 aromatic heterocycles. The first-order chi connectivity index (χ1) is 8.85. The fourth-order valence-electron chi connectivity index (χ4n) is 1.81. The normalized spacial score (nSPS) is 24.3. The first-order valence-corrected chi connectivity index (χ1v) is 6.56. The van der Waals surface area contributed by atoms with Gasteiger partial charge in [-0.1, -0.05) is 29.8 Å². The molecule has 1 aromatic carbocycles. The Hall–Kier alpha value is -1.37. The van der Waals surface area contributed by atoms with Crippen molar-refractivity contribution in [3.8, 4) is 0 Å². The van der Waals surface area contributed by atoms with Crippen molar-refractivity contribution in [2.24, 2.45) is 0 Å². The van der Waals surface area contributed by atoms with Gasteiger partial charge in [0.25, 0.3) is 0 Å². The molecule has 2 rings (SSSR count). The molecule has 7 heteroatoms. The Morgan fingerprint density at radius 2 is 1.95 bits per heavy atom. The van der Waals surface area contributed by atoms with Gasteiger partial charge in [0, 0.05) is 5.75 Å². The van der Waals surface area contributed by atoms with Crippen LogP contribution in [-0.4, -0.2) is 24.6 Å². The van der Waals surface area contributed by atoms with Gasteiger partial charge < -0.3 is 4.74 Å². The van der Waals surface area contributed by atoms with E-state index in [4.69, 9.17) is 0 Å². The van der Waals surface area contributed by atoms with Crippen molar-refractivity contribution in [1.29, 1.82) is 0 Å². The molecule has 1 amide bonds. The Bertz CT molecular complexity index is 475. The third-order valence-electron chi connectivity index (χ3n) is 2.77. The summed E-state index contributed by atoms with van der Waals surface area (Å²) in [5, 5.41) is 1.94. The van der Waals surface area contributed by atoms with Gasteiger partial charge in [-0.3, -0.25) is 5.32 Å². The van der Waals surface area contributed by atoms with Crippen LogP contribution in [0, 0.1) is 6.92 Å². The smallest absolute Gasteiger partial charge is 0.425 e. The summed E-state index contributed by atoms with van der Waals surface area (Å²) >= 11 is 0.619. The highest BCUT2D eigenvalue weighted by molar-refractivity contribution is 8.00. The van der Waals surface area contributed by atoms with E-state index in [0.29, 0.717) is 11.8 Å². The SMILES string of the molecule is Cc1ccc(C2(C(F)(F)F)NC(=O)OCCS2)cc1. The summed E-state index contributed by atoms with van der Waals surface area (Å²) < 4.78 is 45.0. The summed E-state index contributed by atoms with van der Waals surface area (Å²) in [5.74, 6) is 0.0755. The van der Waals surface area contributed by atoms with E-state index >= 15 is 0 Å². The molecular formula is C12H12F3NO2S. The number of rotatable bonds is 1. The molecule has 0 spiro atoms. The van der Waals surface area contributed by atoms with Gasteiger partial charge in [-0.05, 0) is 12.5 Å². The third-order valence-corrected chi connectivity index (χ3v) is 4.14. The van der Waals surface area contributed by atoms with Crippen molar-refractivity contribution >= 4 is 17.9 Å². The van der Waals surface area contributed by atoms with E-state index in [-0.39, 0.29) is 17.9 Å². The van der Waals surface area contributed by atoms with Crippen LogP contribution in [0.25, 0.3) is 0 Å². The van der Waals surface area contributed by atoms with Gasteiger partial charge in [0.2, 0.25) is 4.87 Å². The Kier molecular flexibility index (Phi) is 3.66. The second-order valence-electron chi connectivity index (χ2n) is 4.15. The van der Waals surface area contributed by atoms with Crippen LogP contribution in [0.4, 0.5) is 18.0 Å². The Morgan fingerprint density at radius 1 is 1.32 bits per heavy atom. The fraction of sp³-hybridized carbons (Fsp3) is 0.417. The Morgan fingerprint density at radius 3 is 2.53 bits per heavy atom. The van der Waals surface area contributed by atoms with E-state index < -0.39 is 17.1 Å². The van der Waals surface area contributed by atoms with Crippen molar-refractivity contribution in [2.75, 3.05) is 12.4 Å². The maximum Gasteiger partial charge on any atom is 0.425 e. The molecule has 1 atom stereocenters. The summed E-state index contributed by atoms with van der Waals surface area (Å²) in [4.78, 5) is 8.89. The highest BCUT2D eigenvalue weighted by Crippen LogP contribution is 2.48. The van der Waals surface area contributed by atoms with Crippen molar-refractivity contribution in [2.45, 2.75) is 18.0 Å². The van der Waals surface area contributed by atoms with Gasteiger partial charge in [0.15, 0.2) is 0 Å². The highest BCUT2D eigenvalue weighted by atomic mass is 32.2. The average molecular weight is 291 g/mol. The predicted molar refractivity (Wildman–Crippen MR) is 65.9 cm³/mol. The molecule has 1 aliphatic rings. The number of aryl methyl sites for hydroxylation is 1. The molecule has 0 aliphatic carbocycles. The first-order valence-electron chi connectivity index (χ1n) is 5.58. The maximum absolute atomic E-state index is 13.4. The standard InChI is InChI=1S/C12H12F3NO2S/c1-8-2-4-9(5-3-8)11(12(13,14)15)16-10(17)18-6-7-19-11/h2-5H,6-7H2,1H3,(H,16,17). The molecule has 1 saturated heterocycles. The zero-order valence-corrected chi connectivity index (χ0v) is 10.9. The molecule has 0 bridgehead atoms. The van der Waals surface area contributed by atoms with Crippen LogP contribution in [0.2, 0.25) is 0 Å². The Balaban J connectivity index is 2.50. The van der Waals surface area contributed by atoms with Crippen molar-refractivity contribution in [1.82, 2.24) is 5.32 Å². The minimum atomic E-state index is -4.61. The van der Waals surface area contributed by atoms with Crippen LogP contribution < -0.4 is 5.32 Å². The quantitative estimate of drug-likeness (QED) is 0.863. The van der Waals surface area contributed by atoms with E-state index in [1.807, 2.05) is 5.32 Å². The summed E-state index contributed by atoms with van der Waals surface area (Å²) in [7, 11) is 0. The zero-order chi connectivity index (χ0) is 14.1. The number of amides is 1. The topological polar surface area (TPSA) is 38.3 Å². The fourth-order valence-corrected chi connectivity index (χ4v) is 2.90. The number of ether oxygens (including phenoxy) is 1. The highest BCUT2D eigenvalue weighted by Gasteiger charge is 2.58. The number of benzene rings is 1. The summed E-state index contributed by atoms with van der Waals surface area (Å²) in [5.41, 5.74) is 0.844. The second kappa shape index (κ2) is 4.96. The lowest BCUT2D eigenvalue weighted by atomic mass is 10.0. The number of carbonyl (C=O) groups excluding carboxylic acids is 1. The van der Waals surface area contributed by atoms with Crippen LogP contribution in [0.3, 0.4) is 0 Å². The third kappa shape index (κ3) is 2.65. The van der Waals surface area contributed by atoms with Crippen LogP contribution in [0.1, 0.15) is 11.1 Å². The molecule has 1 heterocycles. The number of hydrogen-bond acceptors (Lipinski definition) is 3. The summed E-state index contributed by atoms with van der Waals surface area (Å²) in [6.45, 7) is 1.74. The van der Waals surface area contributed by atoms with Crippen LogP contribution in [0.5, 0.6) is 0 Å². The predicted octanol–water partition coefficient (Wildman–Crippen LogP) is 3.18. The van der Waals surface area contributed by atoms with Gasteiger partial charge in [-0.25, -0.2) is 4.79 Å². The van der Waals surface area contributed by atoms with Gasteiger partial charge in [0.1, 0.15) is 6.61 Å². The molecule has 1 aromatic rings. The van der Waals surface area contributed by atoms with E-state index in [1.165, 1.54) is 12.1 Å². The van der Waals surface area contributed by atoms with Gasteiger partial charge in [-0.2, -0.15) is 13.2 Å². The summed E-state index contributed by atoms with van der Waals surface area (Å²) in [6.07, 6.45) is -5.67. The van der Waals surface area contributed by atoms with Crippen LogP contribution in [-0.2, 0) is 9.61 Å². The van der Waals surface area contributed by atoms with E-state index in [0.717, 1.165) is 5.56 Å². The van der Waals surface area contributed by atoms with E-state index in [1.54, 1.807) is 19.1 Å². The molecule has 0 saturated carbocycles. The number of cyclic esters (lactones) is 1. The lowest BCUT2D eigenvalue weighted by Crippen LogP contribution is -2.52. The number of carbonyl (C=O) groups is 1. The maximum atomic E-state index is 13.4. The number of nitrogens with one attached hydrogen (secondary N) is 1.